The van der Waals surface area contributed by atoms with Crippen LogP contribution < -0.4 is 5.32 Å². The van der Waals surface area contributed by atoms with Crippen LogP contribution in [0.4, 0.5) is 5.95 Å². The maximum atomic E-state index is 12.9. The highest BCUT2D eigenvalue weighted by Gasteiger charge is 2.16. The summed E-state index contributed by atoms with van der Waals surface area (Å²) in [4.78, 5) is 17.5. The number of benzene rings is 2. The number of hydrogen-bond donors (Lipinski definition) is 2. The van der Waals surface area contributed by atoms with Crippen molar-refractivity contribution in [3.63, 3.8) is 0 Å². The van der Waals surface area contributed by atoms with Crippen LogP contribution in [0.3, 0.4) is 0 Å². The minimum atomic E-state index is -0.216. The van der Waals surface area contributed by atoms with Crippen LogP contribution in [0.15, 0.2) is 48.7 Å². The van der Waals surface area contributed by atoms with Crippen molar-refractivity contribution in [3.8, 4) is 0 Å². The zero-order chi connectivity index (χ0) is 18.6. The first-order valence-electron chi connectivity index (χ1n) is 9.04. The monoisotopic (exact) mass is 363 g/mol. The van der Waals surface area contributed by atoms with E-state index in [-0.39, 0.29) is 5.91 Å². The van der Waals surface area contributed by atoms with E-state index in [4.69, 9.17) is 4.74 Å². The number of aromatic amines is 1. The Hall–Kier alpha value is -3.19. The van der Waals surface area contributed by atoms with Crippen molar-refractivity contribution in [3.05, 3.63) is 54.2 Å². The molecule has 0 radical (unpaired) electrons. The van der Waals surface area contributed by atoms with Gasteiger partial charge in [0.25, 0.3) is 5.91 Å². The summed E-state index contributed by atoms with van der Waals surface area (Å²) in [6.45, 7) is 4.06. The Kier molecular flexibility index (Phi) is 4.84. The predicted molar refractivity (Wildman–Crippen MR) is 105 cm³/mol. The zero-order valence-corrected chi connectivity index (χ0v) is 15.1. The SMILES string of the molecule is CCOCCCn1c(NC(=O)c2cccc3cn[nH]c23)nc2ccccc21. The molecule has 27 heavy (non-hydrogen) atoms. The molecule has 0 unspecified atom stereocenters. The van der Waals surface area contributed by atoms with Crippen molar-refractivity contribution in [2.45, 2.75) is 19.9 Å². The van der Waals surface area contributed by atoms with E-state index in [9.17, 15) is 4.79 Å². The molecule has 0 atom stereocenters. The minimum Gasteiger partial charge on any atom is -0.382 e. The molecule has 4 rings (SSSR count). The average Bonchev–Trinajstić information content (AvgIpc) is 3.29. The van der Waals surface area contributed by atoms with E-state index >= 15 is 0 Å². The highest BCUT2D eigenvalue weighted by atomic mass is 16.5. The van der Waals surface area contributed by atoms with E-state index in [1.54, 1.807) is 12.3 Å². The lowest BCUT2D eigenvalue weighted by molar-refractivity contribution is 0.102. The summed E-state index contributed by atoms with van der Waals surface area (Å²) in [5.74, 6) is 0.320. The molecule has 0 aliphatic rings. The van der Waals surface area contributed by atoms with Crippen LogP contribution in [0.1, 0.15) is 23.7 Å². The van der Waals surface area contributed by atoms with Gasteiger partial charge in [0, 0.05) is 25.1 Å². The van der Waals surface area contributed by atoms with Gasteiger partial charge >= 0.3 is 0 Å². The number of nitrogens with zero attached hydrogens (tertiary/aromatic N) is 3. The number of ether oxygens (including phenoxy) is 1. The van der Waals surface area contributed by atoms with Crippen LogP contribution in [0.5, 0.6) is 0 Å². The number of nitrogens with one attached hydrogen (secondary N) is 2. The van der Waals surface area contributed by atoms with Crippen molar-refractivity contribution in [1.82, 2.24) is 19.7 Å². The van der Waals surface area contributed by atoms with Gasteiger partial charge < -0.3 is 9.30 Å². The standard InChI is InChI=1S/C20H21N5O2/c1-2-27-12-6-11-25-17-10-4-3-9-16(17)22-20(25)23-19(26)15-8-5-7-14-13-21-24-18(14)15/h3-5,7-10,13H,2,6,11-12H2,1H3,(H,21,24)(H,22,23,26). The average molecular weight is 363 g/mol. The number of hydrogen-bond acceptors (Lipinski definition) is 4. The molecular weight excluding hydrogens is 342 g/mol. The summed E-state index contributed by atoms with van der Waals surface area (Å²) < 4.78 is 7.47. The van der Waals surface area contributed by atoms with Crippen LogP contribution in [-0.4, -0.2) is 38.9 Å². The summed E-state index contributed by atoms with van der Waals surface area (Å²) in [5.41, 5.74) is 3.10. The van der Waals surface area contributed by atoms with Gasteiger partial charge in [-0.25, -0.2) is 4.98 Å². The maximum absolute atomic E-state index is 12.9. The molecule has 7 heteroatoms. The fourth-order valence-electron chi connectivity index (χ4n) is 3.19. The number of aromatic nitrogens is 4. The van der Waals surface area contributed by atoms with E-state index < -0.39 is 0 Å². The van der Waals surface area contributed by atoms with Crippen molar-refractivity contribution in [2.24, 2.45) is 0 Å². The number of anilines is 1. The van der Waals surface area contributed by atoms with Gasteiger partial charge in [-0.15, -0.1) is 0 Å². The first kappa shape index (κ1) is 17.2. The molecule has 0 spiro atoms. The van der Waals surface area contributed by atoms with Gasteiger partial charge in [-0.05, 0) is 31.5 Å². The normalized spacial score (nSPS) is 11.3. The van der Waals surface area contributed by atoms with E-state index in [1.807, 2.05) is 47.9 Å². The number of H-pyrrole nitrogens is 1. The molecular formula is C20H21N5O2. The van der Waals surface area contributed by atoms with Crippen molar-refractivity contribution in [1.29, 1.82) is 0 Å². The highest BCUT2D eigenvalue weighted by molar-refractivity contribution is 6.11. The van der Waals surface area contributed by atoms with E-state index in [2.05, 4.69) is 20.5 Å². The Morgan fingerprint density at radius 3 is 3.00 bits per heavy atom. The van der Waals surface area contributed by atoms with Gasteiger partial charge in [-0.2, -0.15) is 5.10 Å². The Balaban J connectivity index is 1.64. The van der Waals surface area contributed by atoms with Crippen LogP contribution in [0, 0.1) is 0 Å². The lowest BCUT2D eigenvalue weighted by Crippen LogP contribution is -2.17. The van der Waals surface area contributed by atoms with Crippen LogP contribution in [-0.2, 0) is 11.3 Å². The summed E-state index contributed by atoms with van der Waals surface area (Å²) in [7, 11) is 0. The van der Waals surface area contributed by atoms with Crippen molar-refractivity contribution >= 4 is 33.8 Å². The molecule has 2 N–H and O–H groups in total. The lowest BCUT2D eigenvalue weighted by Gasteiger charge is -2.10. The first-order chi connectivity index (χ1) is 13.3. The molecule has 138 valence electrons. The quantitative estimate of drug-likeness (QED) is 0.491. The molecule has 0 aliphatic heterocycles. The van der Waals surface area contributed by atoms with E-state index in [0.717, 1.165) is 22.8 Å². The van der Waals surface area contributed by atoms with E-state index in [0.29, 0.717) is 36.8 Å². The molecule has 0 saturated carbocycles. The van der Waals surface area contributed by atoms with Gasteiger partial charge in [0.2, 0.25) is 5.95 Å². The molecule has 2 heterocycles. The number of para-hydroxylation sites is 3. The Morgan fingerprint density at radius 1 is 1.22 bits per heavy atom. The molecule has 0 fully saturated rings. The van der Waals surface area contributed by atoms with Gasteiger partial charge in [0.1, 0.15) is 0 Å². The summed E-state index contributed by atoms with van der Waals surface area (Å²) in [5, 5.41) is 10.8. The van der Waals surface area contributed by atoms with Gasteiger partial charge in [0.15, 0.2) is 0 Å². The number of imidazole rings is 1. The molecule has 0 aliphatic carbocycles. The second-order valence-electron chi connectivity index (χ2n) is 6.22. The smallest absolute Gasteiger partial charge is 0.260 e. The fraction of sp³-hybridized carbons (Fsp3) is 0.250. The second kappa shape index (κ2) is 7.59. The summed E-state index contributed by atoms with van der Waals surface area (Å²) in [6.07, 6.45) is 2.54. The Labute approximate surface area is 156 Å². The van der Waals surface area contributed by atoms with Gasteiger partial charge in [-0.3, -0.25) is 15.2 Å². The second-order valence-corrected chi connectivity index (χ2v) is 6.22. The number of aryl methyl sites for hydroxylation is 1. The minimum absolute atomic E-state index is 0.216. The first-order valence-corrected chi connectivity index (χ1v) is 9.04. The Bertz CT molecular complexity index is 1080. The van der Waals surface area contributed by atoms with Crippen LogP contribution in [0.25, 0.3) is 21.9 Å². The van der Waals surface area contributed by atoms with E-state index in [1.165, 1.54) is 0 Å². The maximum Gasteiger partial charge on any atom is 0.260 e. The topological polar surface area (TPSA) is 84.8 Å². The Morgan fingerprint density at radius 2 is 2.11 bits per heavy atom. The molecule has 2 aromatic carbocycles. The number of carbonyl (C=O) groups is 1. The predicted octanol–water partition coefficient (Wildman–Crippen LogP) is 3.59. The lowest BCUT2D eigenvalue weighted by atomic mass is 10.1. The molecule has 0 bridgehead atoms. The number of carbonyl (C=O) groups excluding carboxylic acids is 1. The molecule has 1 amide bonds. The molecule has 0 saturated heterocycles. The van der Waals surface area contributed by atoms with Crippen LogP contribution >= 0.6 is 0 Å². The number of amides is 1. The molecule has 2 aromatic heterocycles. The third-order valence-electron chi connectivity index (χ3n) is 4.48. The highest BCUT2D eigenvalue weighted by Crippen LogP contribution is 2.22. The summed E-state index contributed by atoms with van der Waals surface area (Å²) in [6, 6.07) is 13.4. The van der Waals surface area contributed by atoms with Crippen molar-refractivity contribution < 1.29 is 9.53 Å². The van der Waals surface area contributed by atoms with Gasteiger partial charge in [-0.1, -0.05) is 24.3 Å². The van der Waals surface area contributed by atoms with Crippen molar-refractivity contribution in [2.75, 3.05) is 18.5 Å². The number of rotatable bonds is 7. The zero-order valence-electron chi connectivity index (χ0n) is 15.1. The third-order valence-corrected chi connectivity index (χ3v) is 4.48. The van der Waals surface area contributed by atoms with Crippen LogP contribution in [0.2, 0.25) is 0 Å². The largest absolute Gasteiger partial charge is 0.382 e. The third kappa shape index (κ3) is 3.41. The van der Waals surface area contributed by atoms with Gasteiger partial charge in [0.05, 0.1) is 28.3 Å². The summed E-state index contributed by atoms with van der Waals surface area (Å²) >= 11 is 0. The molecule has 7 nitrogen and oxygen atoms in total. The fourth-order valence-corrected chi connectivity index (χ4v) is 3.19. The number of fused-ring (bicyclic) bond motifs is 2. The molecule has 4 aromatic rings.